The number of nitrogens with one attached hydrogen (secondary N) is 1. The summed E-state index contributed by atoms with van der Waals surface area (Å²) in [5.74, 6) is -1.19. The van der Waals surface area contributed by atoms with Crippen molar-refractivity contribution in [1.82, 2.24) is 4.98 Å². The molecule has 25 heavy (non-hydrogen) atoms. The minimum Gasteiger partial charge on any atom is -0.481 e. The van der Waals surface area contributed by atoms with Crippen molar-refractivity contribution in [3.63, 3.8) is 0 Å². The molecule has 2 N–H and O–H groups in total. The molecule has 1 aromatic heterocycles. The summed E-state index contributed by atoms with van der Waals surface area (Å²) in [7, 11) is 0. The first-order valence-corrected chi connectivity index (χ1v) is 9.39. The molecule has 5 nitrogen and oxygen atoms in total. The summed E-state index contributed by atoms with van der Waals surface area (Å²) in [6, 6.07) is 6.99. The molecule has 132 valence electrons. The second-order valence-corrected chi connectivity index (χ2v) is 7.62. The van der Waals surface area contributed by atoms with E-state index in [1.165, 1.54) is 24.2 Å². The molecule has 2 aromatic rings. The number of aryl methyl sites for hydroxylation is 1. The molecule has 1 aliphatic rings. The smallest absolute Gasteiger partial charge is 0.310 e. The number of anilines is 1. The van der Waals surface area contributed by atoms with Gasteiger partial charge in [-0.2, -0.15) is 0 Å². The lowest BCUT2D eigenvalue weighted by Crippen LogP contribution is -2.13. The van der Waals surface area contributed by atoms with Gasteiger partial charge in [-0.15, -0.1) is 11.3 Å². The van der Waals surface area contributed by atoms with E-state index in [4.69, 9.17) is 5.11 Å². The van der Waals surface area contributed by atoms with Gasteiger partial charge in [0.25, 0.3) is 5.91 Å². The van der Waals surface area contributed by atoms with Crippen LogP contribution in [0.15, 0.2) is 24.3 Å². The monoisotopic (exact) mass is 358 g/mol. The van der Waals surface area contributed by atoms with Crippen molar-refractivity contribution in [3.05, 3.63) is 45.4 Å². The van der Waals surface area contributed by atoms with Crippen LogP contribution in [0.2, 0.25) is 0 Å². The maximum atomic E-state index is 12.6. The van der Waals surface area contributed by atoms with Gasteiger partial charge in [0.2, 0.25) is 0 Å². The average molecular weight is 358 g/mol. The van der Waals surface area contributed by atoms with Crippen LogP contribution in [0.5, 0.6) is 0 Å². The summed E-state index contributed by atoms with van der Waals surface area (Å²) in [6.07, 6.45) is 4.78. The number of carbonyl (C=O) groups is 2. The van der Waals surface area contributed by atoms with E-state index in [-0.39, 0.29) is 5.91 Å². The van der Waals surface area contributed by atoms with Crippen LogP contribution in [0, 0.1) is 6.92 Å². The number of carboxylic acid groups (broad SMARTS) is 1. The molecule has 0 saturated heterocycles. The topological polar surface area (TPSA) is 79.3 Å². The average Bonchev–Trinajstić information content (AvgIpc) is 3.23. The Kier molecular flexibility index (Phi) is 5.18. The zero-order valence-corrected chi connectivity index (χ0v) is 15.2. The van der Waals surface area contributed by atoms with Gasteiger partial charge in [-0.3, -0.25) is 9.59 Å². The summed E-state index contributed by atoms with van der Waals surface area (Å²) in [5, 5.41) is 13.1. The van der Waals surface area contributed by atoms with Gasteiger partial charge in [0.15, 0.2) is 0 Å². The second kappa shape index (κ2) is 7.35. The van der Waals surface area contributed by atoms with Crippen LogP contribution >= 0.6 is 11.3 Å². The van der Waals surface area contributed by atoms with E-state index < -0.39 is 11.9 Å². The highest BCUT2D eigenvalue weighted by atomic mass is 32.1. The van der Waals surface area contributed by atoms with Gasteiger partial charge in [-0.1, -0.05) is 25.0 Å². The Morgan fingerprint density at radius 1 is 1.32 bits per heavy atom. The number of aliphatic carboxylic acids is 1. The number of thiazole rings is 1. The van der Waals surface area contributed by atoms with E-state index in [0.717, 1.165) is 23.5 Å². The molecule has 3 rings (SSSR count). The molecular weight excluding hydrogens is 336 g/mol. The zero-order valence-electron chi connectivity index (χ0n) is 14.4. The number of rotatable bonds is 5. The van der Waals surface area contributed by atoms with Crippen molar-refractivity contribution >= 4 is 28.9 Å². The van der Waals surface area contributed by atoms with Gasteiger partial charge in [0.05, 0.1) is 16.6 Å². The standard InChI is InChI=1S/C19H22N2O3S/c1-11(19(23)24)14-8-5-9-15(10-14)21-17(22)16-12(2)20-18(25-16)13-6-3-4-7-13/h5,8-11,13H,3-4,6-7H2,1-2H3,(H,21,22)(H,23,24). The van der Waals surface area contributed by atoms with E-state index in [9.17, 15) is 9.59 Å². The quantitative estimate of drug-likeness (QED) is 0.822. The molecular formula is C19H22N2O3S. The number of hydrogen-bond donors (Lipinski definition) is 2. The van der Waals surface area contributed by atoms with Crippen molar-refractivity contribution in [3.8, 4) is 0 Å². The summed E-state index contributed by atoms with van der Waals surface area (Å²) in [5.41, 5.74) is 2.03. The first-order valence-electron chi connectivity index (χ1n) is 8.57. The first-order chi connectivity index (χ1) is 12.0. The molecule has 1 fully saturated rings. The molecule has 1 heterocycles. The minimum absolute atomic E-state index is 0.181. The lowest BCUT2D eigenvalue weighted by Gasteiger charge is -2.09. The Bertz CT molecular complexity index is 794. The Hall–Kier alpha value is -2.21. The van der Waals surface area contributed by atoms with Gasteiger partial charge in [0.1, 0.15) is 4.88 Å². The predicted molar refractivity (Wildman–Crippen MR) is 98.5 cm³/mol. The Labute approximate surface area is 151 Å². The maximum absolute atomic E-state index is 12.6. The van der Waals surface area contributed by atoms with Crippen LogP contribution in [-0.4, -0.2) is 22.0 Å². The third kappa shape index (κ3) is 3.90. The minimum atomic E-state index is -0.886. The fourth-order valence-corrected chi connectivity index (χ4v) is 4.32. The number of aromatic nitrogens is 1. The fraction of sp³-hybridized carbons (Fsp3) is 0.421. The molecule has 0 aliphatic heterocycles. The molecule has 0 radical (unpaired) electrons. The fourth-order valence-electron chi connectivity index (χ4n) is 3.19. The van der Waals surface area contributed by atoms with Crippen LogP contribution in [0.1, 0.15) is 70.4 Å². The van der Waals surface area contributed by atoms with Crippen LogP contribution in [0.3, 0.4) is 0 Å². The van der Waals surface area contributed by atoms with Gasteiger partial charge < -0.3 is 10.4 Å². The molecule has 1 saturated carbocycles. The highest BCUT2D eigenvalue weighted by Crippen LogP contribution is 2.37. The highest BCUT2D eigenvalue weighted by Gasteiger charge is 2.24. The normalized spacial score (nSPS) is 15.9. The molecule has 0 bridgehead atoms. The highest BCUT2D eigenvalue weighted by molar-refractivity contribution is 7.14. The number of nitrogens with zero attached hydrogens (tertiary/aromatic N) is 1. The Morgan fingerprint density at radius 2 is 2.04 bits per heavy atom. The third-order valence-corrected chi connectivity index (χ3v) is 6.06. The summed E-state index contributed by atoms with van der Waals surface area (Å²) < 4.78 is 0. The molecule has 1 unspecified atom stereocenters. The van der Waals surface area contributed by atoms with Crippen molar-refractivity contribution in [1.29, 1.82) is 0 Å². The van der Waals surface area contributed by atoms with Crippen LogP contribution in [0.4, 0.5) is 5.69 Å². The Balaban J connectivity index is 1.76. The van der Waals surface area contributed by atoms with E-state index in [2.05, 4.69) is 10.3 Å². The zero-order chi connectivity index (χ0) is 18.0. The predicted octanol–water partition coefficient (Wildman–Crippen LogP) is 4.55. The summed E-state index contributed by atoms with van der Waals surface area (Å²) >= 11 is 1.48. The van der Waals surface area contributed by atoms with Crippen molar-refractivity contribution < 1.29 is 14.7 Å². The number of carbonyl (C=O) groups excluding carboxylic acids is 1. The van der Waals surface area contributed by atoms with Gasteiger partial charge in [-0.05, 0) is 44.4 Å². The van der Waals surface area contributed by atoms with Crippen molar-refractivity contribution in [2.45, 2.75) is 51.4 Å². The lowest BCUT2D eigenvalue weighted by molar-refractivity contribution is -0.138. The third-order valence-electron chi connectivity index (χ3n) is 4.74. The SMILES string of the molecule is Cc1nc(C2CCCC2)sc1C(=O)Nc1cccc(C(C)C(=O)O)c1. The number of benzene rings is 1. The van der Waals surface area contributed by atoms with E-state index in [1.807, 2.05) is 6.92 Å². The second-order valence-electron chi connectivity index (χ2n) is 6.59. The van der Waals surface area contributed by atoms with Gasteiger partial charge >= 0.3 is 5.97 Å². The van der Waals surface area contributed by atoms with Crippen molar-refractivity contribution in [2.75, 3.05) is 5.32 Å². The van der Waals surface area contributed by atoms with Crippen LogP contribution in [0.25, 0.3) is 0 Å². The summed E-state index contributed by atoms with van der Waals surface area (Å²) in [4.78, 5) is 29.0. The number of carboxylic acids is 1. The Morgan fingerprint density at radius 3 is 2.72 bits per heavy atom. The van der Waals surface area contributed by atoms with Crippen LogP contribution in [-0.2, 0) is 4.79 Å². The van der Waals surface area contributed by atoms with E-state index in [0.29, 0.717) is 22.0 Å². The maximum Gasteiger partial charge on any atom is 0.310 e. The van der Waals surface area contributed by atoms with E-state index >= 15 is 0 Å². The molecule has 1 aliphatic carbocycles. The molecule has 6 heteroatoms. The van der Waals surface area contributed by atoms with Crippen LogP contribution < -0.4 is 5.32 Å². The van der Waals surface area contributed by atoms with Crippen molar-refractivity contribution in [2.24, 2.45) is 0 Å². The van der Waals surface area contributed by atoms with E-state index in [1.54, 1.807) is 31.2 Å². The molecule has 1 aromatic carbocycles. The largest absolute Gasteiger partial charge is 0.481 e. The molecule has 0 spiro atoms. The number of amides is 1. The number of hydrogen-bond acceptors (Lipinski definition) is 4. The van der Waals surface area contributed by atoms with Gasteiger partial charge in [-0.25, -0.2) is 4.98 Å². The summed E-state index contributed by atoms with van der Waals surface area (Å²) in [6.45, 7) is 3.50. The molecule has 1 atom stereocenters. The first kappa shape index (κ1) is 17.6. The lowest BCUT2D eigenvalue weighted by atomic mass is 10.0. The van der Waals surface area contributed by atoms with Gasteiger partial charge in [0, 0.05) is 11.6 Å². The molecule has 1 amide bonds.